The molecule has 1 aliphatic heterocycles. The normalized spacial score (nSPS) is 13.5. The lowest BCUT2D eigenvalue weighted by atomic mass is 9.95. The summed E-state index contributed by atoms with van der Waals surface area (Å²) in [6, 6.07) is 3.35. The van der Waals surface area contributed by atoms with Gasteiger partial charge in [0.15, 0.2) is 0 Å². The maximum Gasteiger partial charge on any atom is 0.347 e. The van der Waals surface area contributed by atoms with Crippen LogP contribution in [-0.2, 0) is 16.0 Å². The lowest BCUT2D eigenvalue weighted by Gasteiger charge is -2.05. The zero-order chi connectivity index (χ0) is 12.6. The standard InChI is InChI=1S/C12H10O5/c1-6-2-3-7(4-5-8(13)14)10-9(6)11(15)17-12(10)16/h2-3H,4-5H2,1H3,(H,13,14). The number of fused-ring (bicyclic) bond motifs is 1. The fraction of sp³-hybridized carbons (Fsp3) is 0.250. The van der Waals surface area contributed by atoms with Gasteiger partial charge in [-0.15, -0.1) is 0 Å². The number of carbonyl (C=O) groups is 3. The molecule has 0 spiro atoms. The molecule has 0 fully saturated rings. The molecule has 17 heavy (non-hydrogen) atoms. The van der Waals surface area contributed by atoms with Gasteiger partial charge in [-0.2, -0.15) is 0 Å². The van der Waals surface area contributed by atoms with Crippen molar-refractivity contribution in [1.82, 2.24) is 0 Å². The van der Waals surface area contributed by atoms with Crippen molar-refractivity contribution in [3.05, 3.63) is 34.4 Å². The predicted octanol–water partition coefficient (Wildman–Crippen LogP) is 1.32. The van der Waals surface area contributed by atoms with Gasteiger partial charge in [-0.3, -0.25) is 4.79 Å². The van der Waals surface area contributed by atoms with Crippen molar-refractivity contribution in [1.29, 1.82) is 0 Å². The van der Waals surface area contributed by atoms with Crippen LogP contribution in [0.2, 0.25) is 0 Å². The quantitative estimate of drug-likeness (QED) is 0.630. The molecule has 0 saturated heterocycles. The predicted molar refractivity (Wildman–Crippen MR) is 56.9 cm³/mol. The van der Waals surface area contributed by atoms with E-state index in [1.165, 1.54) is 0 Å². The van der Waals surface area contributed by atoms with Gasteiger partial charge in [-0.25, -0.2) is 9.59 Å². The van der Waals surface area contributed by atoms with Gasteiger partial charge < -0.3 is 9.84 Å². The van der Waals surface area contributed by atoms with Crippen molar-refractivity contribution in [2.24, 2.45) is 0 Å². The smallest absolute Gasteiger partial charge is 0.347 e. The lowest BCUT2D eigenvalue weighted by Crippen LogP contribution is -2.04. The minimum Gasteiger partial charge on any atom is -0.481 e. The Bertz CT molecular complexity index is 530. The van der Waals surface area contributed by atoms with E-state index in [4.69, 9.17) is 5.11 Å². The molecule has 1 aromatic carbocycles. The minimum absolute atomic E-state index is 0.0863. The van der Waals surface area contributed by atoms with Gasteiger partial charge in [0.1, 0.15) is 0 Å². The Hall–Kier alpha value is -2.17. The Morgan fingerprint density at radius 2 is 1.88 bits per heavy atom. The number of benzene rings is 1. The number of carbonyl (C=O) groups excluding carboxylic acids is 2. The lowest BCUT2D eigenvalue weighted by molar-refractivity contribution is -0.136. The van der Waals surface area contributed by atoms with E-state index in [1.54, 1.807) is 19.1 Å². The third-order valence-corrected chi connectivity index (χ3v) is 2.70. The summed E-state index contributed by atoms with van der Waals surface area (Å²) in [5, 5.41) is 8.61. The third-order valence-electron chi connectivity index (χ3n) is 2.70. The Kier molecular flexibility index (Phi) is 2.67. The van der Waals surface area contributed by atoms with E-state index in [2.05, 4.69) is 4.74 Å². The molecule has 0 amide bonds. The molecule has 88 valence electrons. The molecule has 0 bridgehead atoms. The van der Waals surface area contributed by atoms with Crippen molar-refractivity contribution in [2.45, 2.75) is 19.8 Å². The Balaban J connectivity index is 2.46. The van der Waals surface area contributed by atoms with Crippen LogP contribution < -0.4 is 0 Å². The summed E-state index contributed by atoms with van der Waals surface area (Å²) in [7, 11) is 0. The van der Waals surface area contributed by atoms with Crippen LogP contribution in [0.4, 0.5) is 0 Å². The molecule has 5 heteroatoms. The Morgan fingerprint density at radius 1 is 1.24 bits per heavy atom. The van der Waals surface area contributed by atoms with E-state index in [-0.39, 0.29) is 24.0 Å². The van der Waals surface area contributed by atoms with E-state index in [9.17, 15) is 14.4 Å². The monoisotopic (exact) mass is 234 g/mol. The van der Waals surface area contributed by atoms with Crippen LogP contribution in [0.3, 0.4) is 0 Å². The molecule has 0 unspecified atom stereocenters. The van der Waals surface area contributed by atoms with Crippen LogP contribution in [0.5, 0.6) is 0 Å². The summed E-state index contributed by atoms with van der Waals surface area (Å²) in [5.41, 5.74) is 1.69. The van der Waals surface area contributed by atoms with Crippen molar-refractivity contribution in [2.75, 3.05) is 0 Å². The molecular formula is C12H10O5. The summed E-state index contributed by atoms with van der Waals surface area (Å²) in [6.07, 6.45) is 0.122. The zero-order valence-electron chi connectivity index (χ0n) is 9.15. The number of rotatable bonds is 3. The van der Waals surface area contributed by atoms with E-state index in [1.807, 2.05) is 0 Å². The first-order chi connectivity index (χ1) is 8.00. The molecule has 5 nitrogen and oxygen atoms in total. The molecule has 1 aliphatic rings. The van der Waals surface area contributed by atoms with E-state index >= 15 is 0 Å². The van der Waals surface area contributed by atoms with Gasteiger partial charge in [-0.1, -0.05) is 12.1 Å². The van der Waals surface area contributed by atoms with Crippen molar-refractivity contribution in [3.8, 4) is 0 Å². The number of aliphatic carboxylic acids is 1. The fourth-order valence-corrected chi connectivity index (χ4v) is 1.88. The van der Waals surface area contributed by atoms with Gasteiger partial charge in [0.25, 0.3) is 0 Å². The number of aryl methyl sites for hydroxylation is 2. The zero-order valence-corrected chi connectivity index (χ0v) is 9.15. The number of cyclic esters (lactones) is 2. The van der Waals surface area contributed by atoms with Crippen molar-refractivity contribution in [3.63, 3.8) is 0 Å². The molecule has 1 N–H and O–H groups in total. The highest BCUT2D eigenvalue weighted by atomic mass is 16.6. The summed E-state index contributed by atoms with van der Waals surface area (Å²) in [5.74, 6) is -2.29. The summed E-state index contributed by atoms with van der Waals surface area (Å²) >= 11 is 0. The summed E-state index contributed by atoms with van der Waals surface area (Å²) in [4.78, 5) is 33.4. The van der Waals surface area contributed by atoms with Gasteiger partial charge in [0.05, 0.1) is 11.1 Å². The molecule has 1 aromatic rings. The van der Waals surface area contributed by atoms with Gasteiger partial charge in [-0.05, 0) is 24.5 Å². The minimum atomic E-state index is -0.947. The number of esters is 2. The van der Waals surface area contributed by atoms with Crippen LogP contribution in [0, 0.1) is 6.92 Å². The topological polar surface area (TPSA) is 80.7 Å². The number of ether oxygens (including phenoxy) is 1. The number of carboxylic acid groups (broad SMARTS) is 1. The van der Waals surface area contributed by atoms with E-state index < -0.39 is 17.9 Å². The highest BCUT2D eigenvalue weighted by molar-refractivity contribution is 6.16. The molecule has 0 aromatic heterocycles. The Labute approximate surface area is 97.0 Å². The molecule has 1 heterocycles. The van der Waals surface area contributed by atoms with Crippen molar-refractivity contribution < 1.29 is 24.2 Å². The molecule has 0 saturated carbocycles. The van der Waals surface area contributed by atoms with Crippen LogP contribution in [0.1, 0.15) is 38.3 Å². The molecule has 0 aliphatic carbocycles. The van der Waals surface area contributed by atoms with Gasteiger partial charge >= 0.3 is 17.9 Å². The second-order valence-electron chi connectivity index (χ2n) is 3.86. The van der Waals surface area contributed by atoms with Crippen LogP contribution >= 0.6 is 0 Å². The average molecular weight is 234 g/mol. The van der Waals surface area contributed by atoms with Crippen LogP contribution in [-0.4, -0.2) is 23.0 Å². The number of carboxylic acids is 1. The first-order valence-electron chi connectivity index (χ1n) is 5.11. The first-order valence-corrected chi connectivity index (χ1v) is 5.11. The molecular weight excluding hydrogens is 224 g/mol. The Morgan fingerprint density at radius 3 is 2.53 bits per heavy atom. The maximum atomic E-state index is 11.5. The second-order valence-corrected chi connectivity index (χ2v) is 3.86. The number of hydrogen-bond donors (Lipinski definition) is 1. The highest BCUT2D eigenvalue weighted by Gasteiger charge is 2.33. The first kappa shape index (κ1) is 11.3. The van der Waals surface area contributed by atoms with E-state index in [0.717, 1.165) is 0 Å². The molecule has 0 atom stereocenters. The summed E-state index contributed by atoms with van der Waals surface area (Å²) in [6.45, 7) is 1.71. The largest absolute Gasteiger partial charge is 0.481 e. The van der Waals surface area contributed by atoms with Crippen molar-refractivity contribution >= 4 is 17.9 Å². The highest BCUT2D eigenvalue weighted by Crippen LogP contribution is 2.27. The molecule has 2 rings (SSSR count). The van der Waals surface area contributed by atoms with Crippen LogP contribution in [0.25, 0.3) is 0 Å². The second kappa shape index (κ2) is 4.01. The molecule has 0 radical (unpaired) electrons. The van der Waals surface area contributed by atoms with E-state index in [0.29, 0.717) is 11.1 Å². The SMILES string of the molecule is Cc1ccc(CCC(=O)O)c2c1C(=O)OC2=O. The maximum absolute atomic E-state index is 11.5. The summed E-state index contributed by atoms with van der Waals surface area (Å²) < 4.78 is 4.53. The average Bonchev–Trinajstić information content (AvgIpc) is 2.55. The number of hydrogen-bond acceptors (Lipinski definition) is 4. The van der Waals surface area contributed by atoms with Gasteiger partial charge in [0, 0.05) is 6.42 Å². The fourth-order valence-electron chi connectivity index (χ4n) is 1.88. The van der Waals surface area contributed by atoms with Crippen LogP contribution in [0.15, 0.2) is 12.1 Å². The third kappa shape index (κ3) is 1.91. The van der Waals surface area contributed by atoms with Gasteiger partial charge in [0.2, 0.25) is 0 Å².